The van der Waals surface area contributed by atoms with Gasteiger partial charge in [-0.05, 0) is 29.5 Å². The first-order valence-electron chi connectivity index (χ1n) is 7.49. The first kappa shape index (κ1) is 18.1. The number of hydrogen-bond acceptors (Lipinski definition) is 5. The molecule has 6 nitrogen and oxygen atoms in total. The zero-order chi connectivity index (χ0) is 18.8. The van der Waals surface area contributed by atoms with E-state index in [1.165, 1.54) is 24.3 Å². The van der Waals surface area contributed by atoms with Crippen LogP contribution in [-0.4, -0.2) is 34.4 Å². The molecule has 0 aliphatic carbocycles. The summed E-state index contributed by atoms with van der Waals surface area (Å²) in [5.41, 5.74) is -0.671. The van der Waals surface area contributed by atoms with Gasteiger partial charge in [-0.2, -0.15) is 18.0 Å². The summed E-state index contributed by atoms with van der Waals surface area (Å²) in [7, 11) is -3.52. The maximum absolute atomic E-state index is 12.8. The van der Waals surface area contributed by atoms with Gasteiger partial charge >= 0.3 is 6.18 Å². The number of nitrogens with zero attached hydrogens (tertiary/aromatic N) is 4. The lowest BCUT2D eigenvalue weighted by molar-refractivity contribution is -0.137. The van der Waals surface area contributed by atoms with Crippen molar-refractivity contribution in [3.05, 3.63) is 60.2 Å². The van der Waals surface area contributed by atoms with E-state index in [0.717, 1.165) is 16.9 Å². The van der Waals surface area contributed by atoms with Crippen LogP contribution in [0.5, 0.6) is 0 Å². The highest BCUT2D eigenvalue weighted by molar-refractivity contribution is 7.91. The van der Waals surface area contributed by atoms with Crippen LogP contribution in [0.15, 0.2) is 59.5 Å². The summed E-state index contributed by atoms with van der Waals surface area (Å²) in [4.78, 5) is 1.23. The van der Waals surface area contributed by atoms with Crippen LogP contribution < -0.4 is 0 Å². The lowest BCUT2D eigenvalue weighted by Gasteiger charge is -2.06. The van der Waals surface area contributed by atoms with Gasteiger partial charge in [0, 0.05) is 5.56 Å². The van der Waals surface area contributed by atoms with Crippen molar-refractivity contribution >= 4 is 9.84 Å². The summed E-state index contributed by atoms with van der Waals surface area (Å²) in [5, 5.41) is 11.4. The lowest BCUT2D eigenvalue weighted by atomic mass is 10.1. The molecule has 0 amide bonds. The van der Waals surface area contributed by atoms with Crippen molar-refractivity contribution in [1.29, 1.82) is 0 Å². The molecule has 1 heterocycles. The maximum Gasteiger partial charge on any atom is 0.416 e. The van der Waals surface area contributed by atoms with Crippen molar-refractivity contribution in [3.63, 3.8) is 0 Å². The first-order chi connectivity index (χ1) is 12.3. The number of aryl methyl sites for hydroxylation is 1. The first-order valence-corrected chi connectivity index (χ1v) is 9.14. The van der Waals surface area contributed by atoms with E-state index in [1.807, 2.05) is 0 Å². The van der Waals surface area contributed by atoms with Gasteiger partial charge in [0.2, 0.25) is 5.82 Å². The van der Waals surface area contributed by atoms with E-state index in [0.29, 0.717) is 0 Å². The van der Waals surface area contributed by atoms with Gasteiger partial charge in [0.05, 0.1) is 22.8 Å². The third kappa shape index (κ3) is 4.07. The summed E-state index contributed by atoms with van der Waals surface area (Å²) in [6.07, 6.45) is -4.48. The molecule has 136 valence electrons. The zero-order valence-corrected chi connectivity index (χ0v) is 14.1. The minimum absolute atomic E-state index is 0.00629. The third-order valence-electron chi connectivity index (χ3n) is 3.56. The van der Waals surface area contributed by atoms with Gasteiger partial charge in [-0.25, -0.2) is 8.42 Å². The molecule has 0 N–H and O–H groups in total. The monoisotopic (exact) mass is 382 g/mol. The number of sulfone groups is 1. The van der Waals surface area contributed by atoms with Crippen molar-refractivity contribution in [3.8, 4) is 11.4 Å². The van der Waals surface area contributed by atoms with Crippen molar-refractivity contribution in [1.82, 2.24) is 20.2 Å². The third-order valence-corrected chi connectivity index (χ3v) is 5.27. The molecular weight excluding hydrogens is 369 g/mol. The average Bonchev–Trinajstić information content (AvgIpc) is 3.09. The molecule has 3 rings (SSSR count). The van der Waals surface area contributed by atoms with Crippen LogP contribution in [0.4, 0.5) is 13.2 Å². The minimum Gasteiger partial charge on any atom is -0.224 e. The Hall–Kier alpha value is -2.75. The predicted molar refractivity (Wildman–Crippen MR) is 86.7 cm³/mol. The largest absolute Gasteiger partial charge is 0.416 e. The molecule has 0 saturated carbocycles. The molecular formula is C16H13F3N4O2S. The van der Waals surface area contributed by atoms with Crippen molar-refractivity contribution in [2.45, 2.75) is 17.6 Å². The Labute approximate surface area is 147 Å². The Bertz CT molecular complexity index is 1000. The molecule has 0 aliphatic heterocycles. The molecule has 0 radical (unpaired) electrons. The molecule has 2 aromatic carbocycles. The summed E-state index contributed by atoms with van der Waals surface area (Å²) in [6.45, 7) is -0.0663. The number of rotatable bonds is 5. The Morgan fingerprint density at radius 2 is 1.73 bits per heavy atom. The maximum atomic E-state index is 12.8. The van der Waals surface area contributed by atoms with Crippen LogP contribution in [0, 0.1) is 0 Å². The van der Waals surface area contributed by atoms with E-state index >= 15 is 0 Å². The predicted octanol–water partition coefficient (Wildman–Crippen LogP) is 2.83. The van der Waals surface area contributed by atoms with E-state index in [9.17, 15) is 21.6 Å². The van der Waals surface area contributed by atoms with Crippen LogP contribution in [0.3, 0.4) is 0 Å². The molecule has 0 bridgehead atoms. The van der Waals surface area contributed by atoms with Gasteiger partial charge in [-0.1, -0.05) is 30.3 Å². The SMILES string of the molecule is O=S(=O)(CCn1nnc(-c2cccc(C(F)(F)F)c2)n1)c1ccccc1. The van der Waals surface area contributed by atoms with Gasteiger partial charge in [0.15, 0.2) is 9.84 Å². The van der Waals surface area contributed by atoms with E-state index in [-0.39, 0.29) is 28.6 Å². The molecule has 3 aromatic rings. The summed E-state index contributed by atoms with van der Waals surface area (Å²) < 4.78 is 62.8. The molecule has 0 saturated heterocycles. The fourth-order valence-electron chi connectivity index (χ4n) is 2.24. The lowest BCUT2D eigenvalue weighted by Crippen LogP contribution is -2.15. The normalized spacial score (nSPS) is 12.3. The number of alkyl halides is 3. The van der Waals surface area contributed by atoms with Crippen LogP contribution in [0.2, 0.25) is 0 Å². The molecule has 26 heavy (non-hydrogen) atoms. The smallest absolute Gasteiger partial charge is 0.224 e. The van der Waals surface area contributed by atoms with Gasteiger partial charge in [0.25, 0.3) is 0 Å². The summed E-state index contributed by atoms with van der Waals surface area (Å²) in [5.74, 6) is -0.261. The number of hydrogen-bond donors (Lipinski definition) is 0. The Morgan fingerprint density at radius 3 is 2.42 bits per heavy atom. The van der Waals surface area contributed by atoms with Crippen molar-refractivity contribution in [2.24, 2.45) is 0 Å². The zero-order valence-electron chi connectivity index (χ0n) is 13.3. The van der Waals surface area contributed by atoms with Gasteiger partial charge in [-0.15, -0.1) is 10.2 Å². The van der Waals surface area contributed by atoms with Crippen LogP contribution >= 0.6 is 0 Å². The van der Waals surface area contributed by atoms with E-state index in [2.05, 4.69) is 15.4 Å². The Kier molecular flexibility index (Phi) is 4.77. The molecule has 10 heteroatoms. The van der Waals surface area contributed by atoms with E-state index in [1.54, 1.807) is 18.2 Å². The minimum atomic E-state index is -4.48. The second-order valence-corrected chi connectivity index (χ2v) is 7.53. The number of halogens is 3. The van der Waals surface area contributed by atoms with Crippen molar-refractivity contribution < 1.29 is 21.6 Å². The van der Waals surface area contributed by atoms with Gasteiger partial charge in [0.1, 0.15) is 0 Å². The quantitative estimate of drug-likeness (QED) is 0.678. The molecule has 0 fully saturated rings. The number of tetrazole rings is 1. The molecule has 0 unspecified atom stereocenters. The van der Waals surface area contributed by atoms with Crippen LogP contribution in [-0.2, 0) is 22.6 Å². The second kappa shape index (κ2) is 6.87. The highest BCUT2D eigenvalue weighted by atomic mass is 32.2. The topological polar surface area (TPSA) is 77.7 Å². The van der Waals surface area contributed by atoms with Crippen molar-refractivity contribution in [2.75, 3.05) is 5.75 Å². The highest BCUT2D eigenvalue weighted by Crippen LogP contribution is 2.31. The van der Waals surface area contributed by atoms with Gasteiger partial charge < -0.3 is 0 Å². The van der Waals surface area contributed by atoms with Gasteiger partial charge in [-0.3, -0.25) is 0 Å². The molecule has 1 aromatic heterocycles. The number of benzene rings is 2. The highest BCUT2D eigenvalue weighted by Gasteiger charge is 2.30. The van der Waals surface area contributed by atoms with E-state index < -0.39 is 21.6 Å². The Balaban J connectivity index is 1.75. The second-order valence-electron chi connectivity index (χ2n) is 5.42. The standard InChI is InChI=1S/C16H13F3N4O2S/c17-16(18,19)13-6-4-5-12(11-13)15-20-22-23(21-15)9-10-26(24,25)14-7-2-1-3-8-14/h1-8,11H,9-10H2. The van der Waals surface area contributed by atoms with Crippen LogP contribution in [0.1, 0.15) is 5.56 Å². The average molecular weight is 382 g/mol. The van der Waals surface area contributed by atoms with E-state index in [4.69, 9.17) is 0 Å². The number of aromatic nitrogens is 4. The summed E-state index contributed by atoms with van der Waals surface area (Å²) in [6, 6.07) is 12.5. The van der Waals surface area contributed by atoms with Crippen LogP contribution in [0.25, 0.3) is 11.4 Å². The Morgan fingerprint density at radius 1 is 1.00 bits per heavy atom. The molecule has 0 spiro atoms. The summed E-state index contributed by atoms with van der Waals surface area (Å²) >= 11 is 0. The fraction of sp³-hybridized carbons (Fsp3) is 0.188. The fourth-order valence-corrected chi connectivity index (χ4v) is 3.45. The molecule has 0 aliphatic rings. The molecule has 0 atom stereocenters.